The molecule has 1 aliphatic rings. The molecule has 0 atom stereocenters. The maximum Gasteiger partial charge on any atom is 0.253 e. The van der Waals surface area contributed by atoms with E-state index in [9.17, 15) is 15.0 Å². The molecule has 1 aliphatic heterocycles. The van der Waals surface area contributed by atoms with Crippen LogP contribution in [0.1, 0.15) is 42.7 Å². The van der Waals surface area contributed by atoms with E-state index in [-0.39, 0.29) is 12.0 Å². The minimum absolute atomic E-state index is 0.0526. The Morgan fingerprint density at radius 1 is 1.16 bits per heavy atom. The number of aliphatic hydroxyl groups is 2. The van der Waals surface area contributed by atoms with Crippen molar-refractivity contribution in [1.29, 1.82) is 0 Å². The molecule has 1 saturated heterocycles. The summed E-state index contributed by atoms with van der Waals surface area (Å²) in [6, 6.07) is 11.3. The molecule has 1 aromatic carbocycles. The number of carbonyl (C=O) groups is 1. The van der Waals surface area contributed by atoms with Gasteiger partial charge in [0.25, 0.3) is 5.91 Å². The number of hydrogen-bond donors (Lipinski definition) is 2. The van der Waals surface area contributed by atoms with E-state index in [4.69, 9.17) is 11.6 Å². The van der Waals surface area contributed by atoms with Crippen molar-refractivity contribution in [2.75, 3.05) is 13.1 Å². The molecule has 0 spiro atoms. The van der Waals surface area contributed by atoms with Gasteiger partial charge in [0, 0.05) is 35.3 Å². The first-order valence-electron chi connectivity index (χ1n) is 10.3. The monoisotopic (exact) mass is 456 g/mol. The zero-order chi connectivity index (χ0) is 22.2. The lowest BCUT2D eigenvalue weighted by Crippen LogP contribution is -2.40. The minimum Gasteiger partial charge on any atom is -0.393 e. The average molecular weight is 457 g/mol. The lowest BCUT2D eigenvalue weighted by molar-refractivity contribution is 0.0546. The van der Waals surface area contributed by atoms with E-state index in [1.54, 1.807) is 42.3 Å². The van der Waals surface area contributed by atoms with Crippen LogP contribution in [0.25, 0.3) is 21.6 Å². The zero-order valence-electron chi connectivity index (χ0n) is 17.5. The third-order valence-corrected chi connectivity index (χ3v) is 6.83. The molecule has 3 aromatic rings. The lowest BCUT2D eigenvalue weighted by atomic mass is 10.0. The van der Waals surface area contributed by atoms with Crippen molar-refractivity contribution in [3.05, 3.63) is 64.3 Å². The number of nitrogens with zero attached hydrogens (tertiary/aromatic N) is 2. The van der Waals surface area contributed by atoms with E-state index in [0.717, 1.165) is 21.6 Å². The second-order valence-electron chi connectivity index (χ2n) is 8.41. The van der Waals surface area contributed by atoms with Crippen LogP contribution in [0, 0.1) is 0 Å². The van der Waals surface area contributed by atoms with Crippen LogP contribution in [0.15, 0.2) is 48.0 Å². The van der Waals surface area contributed by atoms with Crippen LogP contribution in [0.4, 0.5) is 0 Å². The highest BCUT2D eigenvalue weighted by molar-refractivity contribution is 7.14. The van der Waals surface area contributed by atoms with Gasteiger partial charge in [-0.15, -0.1) is 11.3 Å². The summed E-state index contributed by atoms with van der Waals surface area (Å²) < 4.78 is 0. The molecule has 31 heavy (non-hydrogen) atoms. The summed E-state index contributed by atoms with van der Waals surface area (Å²) in [6.45, 7) is 4.55. The summed E-state index contributed by atoms with van der Waals surface area (Å²) in [7, 11) is 0. The first-order valence-corrected chi connectivity index (χ1v) is 11.5. The Bertz CT molecular complexity index is 1100. The van der Waals surface area contributed by atoms with Gasteiger partial charge < -0.3 is 15.1 Å². The summed E-state index contributed by atoms with van der Waals surface area (Å²) in [4.78, 5) is 19.8. The van der Waals surface area contributed by atoms with E-state index in [0.29, 0.717) is 42.2 Å². The molecule has 1 amide bonds. The molecule has 3 heterocycles. The molecule has 5 nitrogen and oxygen atoms in total. The smallest absolute Gasteiger partial charge is 0.253 e. The number of halogens is 1. The fourth-order valence-corrected chi connectivity index (χ4v) is 4.97. The molecule has 0 radical (unpaired) electrons. The van der Waals surface area contributed by atoms with E-state index in [1.807, 2.05) is 29.6 Å². The van der Waals surface area contributed by atoms with Gasteiger partial charge in [0.1, 0.15) is 5.60 Å². The van der Waals surface area contributed by atoms with Crippen LogP contribution in [0.5, 0.6) is 0 Å². The number of carbonyl (C=O) groups excluding carboxylic acids is 1. The first-order chi connectivity index (χ1) is 14.7. The van der Waals surface area contributed by atoms with Gasteiger partial charge in [0.05, 0.1) is 16.8 Å². The van der Waals surface area contributed by atoms with Crippen LogP contribution < -0.4 is 0 Å². The third-order valence-electron chi connectivity index (χ3n) is 5.55. The van der Waals surface area contributed by atoms with E-state index in [2.05, 4.69) is 11.1 Å². The van der Waals surface area contributed by atoms with Gasteiger partial charge in [-0.05, 0) is 73.5 Å². The van der Waals surface area contributed by atoms with Crippen molar-refractivity contribution in [1.82, 2.24) is 9.88 Å². The number of pyridine rings is 1. The Balaban J connectivity index is 1.56. The Hall–Kier alpha value is -2.25. The molecule has 2 N–H and O–H groups in total. The number of likely N-dealkylation sites (tertiary alicyclic amines) is 1. The fraction of sp³-hybridized carbons (Fsp3) is 0.333. The summed E-state index contributed by atoms with van der Waals surface area (Å²) >= 11 is 8.14. The SMILES string of the molecule is CC(C)(O)c1cc(-c2csc(-c3ccc(C(=O)N4CCC(O)CC4)cc3Cl)c2)ccn1. The Morgan fingerprint density at radius 2 is 1.90 bits per heavy atom. The Morgan fingerprint density at radius 3 is 2.58 bits per heavy atom. The maximum absolute atomic E-state index is 12.8. The van der Waals surface area contributed by atoms with Crippen LogP contribution in [-0.4, -0.2) is 45.2 Å². The van der Waals surface area contributed by atoms with Crippen LogP contribution in [-0.2, 0) is 5.60 Å². The molecule has 162 valence electrons. The van der Waals surface area contributed by atoms with Crippen molar-refractivity contribution in [2.45, 2.75) is 38.4 Å². The van der Waals surface area contributed by atoms with Crippen molar-refractivity contribution in [3.8, 4) is 21.6 Å². The number of thiophene rings is 1. The molecule has 0 unspecified atom stereocenters. The van der Waals surface area contributed by atoms with Crippen molar-refractivity contribution >= 4 is 28.8 Å². The number of aliphatic hydroxyl groups excluding tert-OH is 1. The van der Waals surface area contributed by atoms with Crippen molar-refractivity contribution < 1.29 is 15.0 Å². The summed E-state index contributed by atoms with van der Waals surface area (Å²) in [5.74, 6) is -0.0526. The van der Waals surface area contributed by atoms with Crippen LogP contribution in [0.2, 0.25) is 5.02 Å². The van der Waals surface area contributed by atoms with E-state index in [1.165, 1.54) is 0 Å². The molecular weight excluding hydrogens is 432 g/mol. The van der Waals surface area contributed by atoms with E-state index < -0.39 is 5.60 Å². The number of piperidine rings is 1. The van der Waals surface area contributed by atoms with Gasteiger partial charge in [-0.2, -0.15) is 0 Å². The number of aromatic nitrogens is 1. The predicted octanol–water partition coefficient (Wildman–Crippen LogP) is 4.95. The van der Waals surface area contributed by atoms with Gasteiger partial charge in [-0.3, -0.25) is 9.78 Å². The molecule has 0 bridgehead atoms. The van der Waals surface area contributed by atoms with Gasteiger partial charge in [-0.1, -0.05) is 17.7 Å². The zero-order valence-corrected chi connectivity index (χ0v) is 19.1. The second-order valence-corrected chi connectivity index (χ2v) is 9.72. The average Bonchev–Trinajstić information content (AvgIpc) is 3.23. The third kappa shape index (κ3) is 4.83. The Labute approximate surface area is 190 Å². The van der Waals surface area contributed by atoms with Crippen LogP contribution in [0.3, 0.4) is 0 Å². The maximum atomic E-state index is 12.8. The summed E-state index contributed by atoms with van der Waals surface area (Å²) in [6.07, 6.45) is 2.61. The molecular formula is C24H25ClN2O3S. The highest BCUT2D eigenvalue weighted by atomic mass is 35.5. The normalized spacial score (nSPS) is 15.3. The van der Waals surface area contributed by atoms with Gasteiger partial charge >= 0.3 is 0 Å². The first kappa shape index (κ1) is 22.0. The van der Waals surface area contributed by atoms with Gasteiger partial charge in [0.2, 0.25) is 0 Å². The number of rotatable bonds is 4. The number of benzene rings is 1. The topological polar surface area (TPSA) is 73.7 Å². The molecule has 4 rings (SSSR count). The highest BCUT2D eigenvalue weighted by Gasteiger charge is 2.23. The largest absolute Gasteiger partial charge is 0.393 e. The predicted molar refractivity (Wildman–Crippen MR) is 124 cm³/mol. The molecule has 2 aromatic heterocycles. The fourth-order valence-electron chi connectivity index (χ4n) is 3.67. The summed E-state index contributed by atoms with van der Waals surface area (Å²) in [5.41, 5.74) is 3.04. The van der Waals surface area contributed by atoms with Gasteiger partial charge in [0.15, 0.2) is 0 Å². The molecule has 1 fully saturated rings. The van der Waals surface area contributed by atoms with Crippen LogP contribution >= 0.6 is 22.9 Å². The molecule has 7 heteroatoms. The van der Waals surface area contributed by atoms with Gasteiger partial charge in [-0.25, -0.2) is 0 Å². The Kier molecular flexibility index (Phi) is 6.17. The minimum atomic E-state index is -1.01. The summed E-state index contributed by atoms with van der Waals surface area (Å²) in [5, 5.41) is 22.5. The second kappa shape index (κ2) is 8.71. The lowest BCUT2D eigenvalue weighted by Gasteiger charge is -2.29. The van der Waals surface area contributed by atoms with Crippen molar-refractivity contribution in [3.63, 3.8) is 0 Å². The molecule has 0 saturated carbocycles. The van der Waals surface area contributed by atoms with Crippen molar-refractivity contribution in [2.24, 2.45) is 0 Å². The quantitative estimate of drug-likeness (QED) is 0.582. The molecule has 0 aliphatic carbocycles. The standard InChI is InChI=1S/C24H25ClN2O3S/c1-24(2,30)22-13-15(5-8-26-22)17-12-21(31-14-17)19-4-3-16(11-20(19)25)23(29)27-9-6-18(28)7-10-27/h3-5,8,11-14,18,28,30H,6-7,9-10H2,1-2H3. The van der Waals surface area contributed by atoms with E-state index >= 15 is 0 Å². The number of hydrogen-bond acceptors (Lipinski definition) is 5. The highest BCUT2D eigenvalue weighted by Crippen LogP contribution is 2.37. The number of amides is 1.